The molecule has 3 nitrogen and oxygen atoms in total. The normalized spacial score (nSPS) is 18.4. The van der Waals surface area contributed by atoms with Crippen LogP contribution in [0.1, 0.15) is 25.8 Å². The average Bonchev–Trinajstić information content (AvgIpc) is 2.11. The quantitative estimate of drug-likeness (QED) is 0.622. The minimum Gasteiger partial charge on any atom is -0.504 e. The molecule has 0 spiro atoms. The Balaban J connectivity index is 2.49. The van der Waals surface area contributed by atoms with Gasteiger partial charge in [-0.2, -0.15) is 0 Å². The Morgan fingerprint density at radius 2 is 2.00 bits per heavy atom. The van der Waals surface area contributed by atoms with Crippen molar-refractivity contribution in [3.05, 3.63) is 17.7 Å². The van der Waals surface area contributed by atoms with Gasteiger partial charge in [-0.05, 0) is 38.3 Å². The van der Waals surface area contributed by atoms with E-state index < -0.39 is 0 Å². The number of ether oxygens (including phenoxy) is 1. The van der Waals surface area contributed by atoms with Gasteiger partial charge in [-0.3, -0.25) is 0 Å². The fourth-order valence-electron chi connectivity index (χ4n) is 1.68. The first-order valence-corrected chi connectivity index (χ1v) is 4.72. The number of rotatable bonds is 0. The number of hydrogen-bond acceptors (Lipinski definition) is 3. The van der Waals surface area contributed by atoms with Crippen molar-refractivity contribution >= 4 is 0 Å². The maximum absolute atomic E-state index is 9.60. The first-order chi connectivity index (χ1) is 6.49. The monoisotopic (exact) mass is 194 g/mol. The van der Waals surface area contributed by atoms with Crippen LogP contribution in [0.2, 0.25) is 0 Å². The number of benzene rings is 1. The van der Waals surface area contributed by atoms with Crippen molar-refractivity contribution in [2.45, 2.75) is 32.3 Å². The minimum absolute atomic E-state index is 0.124. The molecule has 0 aliphatic carbocycles. The van der Waals surface area contributed by atoms with Gasteiger partial charge in [-0.25, -0.2) is 0 Å². The molecule has 0 bridgehead atoms. The summed E-state index contributed by atoms with van der Waals surface area (Å²) >= 11 is 0. The molecule has 0 atom stereocenters. The van der Waals surface area contributed by atoms with E-state index >= 15 is 0 Å². The zero-order valence-corrected chi connectivity index (χ0v) is 8.37. The van der Waals surface area contributed by atoms with Crippen LogP contribution in [-0.4, -0.2) is 15.8 Å². The van der Waals surface area contributed by atoms with Gasteiger partial charge in [0.05, 0.1) is 0 Å². The predicted octanol–water partition coefficient (Wildman–Crippen LogP) is 2.20. The van der Waals surface area contributed by atoms with Gasteiger partial charge in [-0.1, -0.05) is 6.07 Å². The van der Waals surface area contributed by atoms with Crippen LogP contribution in [0.4, 0.5) is 0 Å². The molecule has 3 heteroatoms. The van der Waals surface area contributed by atoms with E-state index in [1.165, 1.54) is 6.07 Å². The topological polar surface area (TPSA) is 49.7 Å². The highest BCUT2D eigenvalue weighted by atomic mass is 16.5. The summed E-state index contributed by atoms with van der Waals surface area (Å²) in [5.41, 5.74) is 0.692. The molecule has 0 radical (unpaired) electrons. The highest BCUT2D eigenvalue weighted by molar-refractivity contribution is 5.55. The second-order valence-electron chi connectivity index (χ2n) is 4.28. The van der Waals surface area contributed by atoms with Crippen molar-refractivity contribution in [2.24, 2.45) is 0 Å². The first-order valence-electron chi connectivity index (χ1n) is 4.72. The molecule has 1 aromatic carbocycles. The Morgan fingerprint density at radius 1 is 1.29 bits per heavy atom. The summed E-state index contributed by atoms with van der Waals surface area (Å²) in [4.78, 5) is 0. The third kappa shape index (κ3) is 1.39. The fraction of sp³-hybridized carbons (Fsp3) is 0.455. The van der Waals surface area contributed by atoms with Crippen molar-refractivity contribution < 1.29 is 14.9 Å². The maximum atomic E-state index is 9.60. The predicted molar refractivity (Wildman–Crippen MR) is 52.8 cm³/mol. The first kappa shape index (κ1) is 9.19. The van der Waals surface area contributed by atoms with Crippen molar-refractivity contribution in [3.63, 3.8) is 0 Å². The SMILES string of the molecule is CC1(C)CCc2ccc(O)c(O)c2O1. The van der Waals surface area contributed by atoms with Crippen LogP contribution in [0.25, 0.3) is 0 Å². The molecule has 2 rings (SSSR count). The Labute approximate surface area is 83.0 Å². The molecule has 1 aliphatic heterocycles. The van der Waals surface area contributed by atoms with Gasteiger partial charge in [0.15, 0.2) is 11.5 Å². The van der Waals surface area contributed by atoms with Crippen molar-refractivity contribution in [1.82, 2.24) is 0 Å². The summed E-state index contributed by atoms with van der Waals surface area (Å²) in [5, 5.41) is 18.9. The molecule has 76 valence electrons. The number of aromatic hydroxyl groups is 2. The molecule has 1 heterocycles. The molecule has 2 N–H and O–H groups in total. The highest BCUT2D eigenvalue weighted by Gasteiger charge is 2.29. The molecule has 0 amide bonds. The van der Waals surface area contributed by atoms with Gasteiger partial charge < -0.3 is 14.9 Å². The lowest BCUT2D eigenvalue weighted by Crippen LogP contribution is -2.32. The van der Waals surface area contributed by atoms with Crippen LogP contribution in [0.3, 0.4) is 0 Å². The number of phenols is 2. The Morgan fingerprint density at radius 3 is 2.71 bits per heavy atom. The second kappa shape index (κ2) is 2.80. The van der Waals surface area contributed by atoms with Crippen molar-refractivity contribution in [1.29, 1.82) is 0 Å². The largest absolute Gasteiger partial charge is 0.504 e. The van der Waals surface area contributed by atoms with Crippen LogP contribution in [0.15, 0.2) is 12.1 Å². The molecule has 14 heavy (non-hydrogen) atoms. The van der Waals surface area contributed by atoms with Gasteiger partial charge in [-0.15, -0.1) is 0 Å². The van der Waals surface area contributed by atoms with Gasteiger partial charge in [0.1, 0.15) is 5.60 Å². The van der Waals surface area contributed by atoms with E-state index in [9.17, 15) is 10.2 Å². The van der Waals surface area contributed by atoms with E-state index in [2.05, 4.69) is 0 Å². The third-order valence-corrected chi connectivity index (χ3v) is 2.57. The van der Waals surface area contributed by atoms with Crippen LogP contribution in [-0.2, 0) is 6.42 Å². The summed E-state index contributed by atoms with van der Waals surface area (Å²) in [6.45, 7) is 3.94. The van der Waals surface area contributed by atoms with Crippen LogP contribution < -0.4 is 4.74 Å². The van der Waals surface area contributed by atoms with Crippen LogP contribution in [0, 0.1) is 0 Å². The third-order valence-electron chi connectivity index (χ3n) is 2.57. The lowest BCUT2D eigenvalue weighted by atomic mass is 9.94. The summed E-state index contributed by atoms with van der Waals surface area (Å²) in [7, 11) is 0. The second-order valence-corrected chi connectivity index (χ2v) is 4.28. The molecular formula is C11H14O3. The Bertz CT molecular complexity index is 369. The number of phenolic OH excluding ortho intramolecular Hbond substituents is 2. The van der Waals surface area contributed by atoms with E-state index in [0.717, 1.165) is 18.4 Å². The molecule has 1 aliphatic rings. The number of fused-ring (bicyclic) bond motifs is 1. The summed E-state index contributed by atoms with van der Waals surface area (Å²) in [6.07, 6.45) is 1.79. The molecule has 0 saturated carbocycles. The molecule has 0 aromatic heterocycles. The number of aryl methyl sites for hydroxylation is 1. The average molecular weight is 194 g/mol. The Kier molecular flexibility index (Phi) is 1.84. The van der Waals surface area contributed by atoms with E-state index in [1.54, 1.807) is 6.07 Å². The van der Waals surface area contributed by atoms with Gasteiger partial charge in [0.2, 0.25) is 5.75 Å². The van der Waals surface area contributed by atoms with Gasteiger partial charge >= 0.3 is 0 Å². The van der Waals surface area contributed by atoms with E-state index in [1.807, 2.05) is 13.8 Å². The van der Waals surface area contributed by atoms with Crippen LogP contribution >= 0.6 is 0 Å². The number of hydrogen-bond donors (Lipinski definition) is 2. The lowest BCUT2D eigenvalue weighted by molar-refractivity contribution is 0.0800. The summed E-state index contributed by atoms with van der Waals surface area (Å²) in [5.74, 6) is 0.165. The van der Waals surface area contributed by atoms with E-state index in [-0.39, 0.29) is 17.1 Å². The maximum Gasteiger partial charge on any atom is 0.200 e. The van der Waals surface area contributed by atoms with Crippen molar-refractivity contribution in [3.8, 4) is 17.2 Å². The molecule has 0 fully saturated rings. The molecule has 0 unspecified atom stereocenters. The van der Waals surface area contributed by atoms with Crippen molar-refractivity contribution in [2.75, 3.05) is 0 Å². The lowest BCUT2D eigenvalue weighted by Gasteiger charge is -2.32. The van der Waals surface area contributed by atoms with Gasteiger partial charge in [0, 0.05) is 0 Å². The zero-order valence-electron chi connectivity index (χ0n) is 8.37. The smallest absolute Gasteiger partial charge is 0.200 e. The van der Waals surface area contributed by atoms with E-state index in [0.29, 0.717) is 5.75 Å². The zero-order chi connectivity index (χ0) is 10.3. The highest BCUT2D eigenvalue weighted by Crippen LogP contribution is 2.43. The van der Waals surface area contributed by atoms with E-state index in [4.69, 9.17) is 4.74 Å². The standard InChI is InChI=1S/C11H14O3/c1-11(2)6-5-7-3-4-8(12)9(13)10(7)14-11/h3-4,12-13H,5-6H2,1-2H3. The van der Waals surface area contributed by atoms with Crippen LogP contribution in [0.5, 0.6) is 17.2 Å². The molecular weight excluding hydrogens is 180 g/mol. The summed E-state index contributed by atoms with van der Waals surface area (Å²) in [6, 6.07) is 3.29. The Hall–Kier alpha value is -1.38. The fourth-order valence-corrected chi connectivity index (χ4v) is 1.68. The minimum atomic E-state index is -0.266. The van der Waals surface area contributed by atoms with Gasteiger partial charge in [0.25, 0.3) is 0 Å². The molecule has 0 saturated heterocycles. The molecule has 1 aromatic rings. The summed E-state index contributed by atoms with van der Waals surface area (Å²) < 4.78 is 5.62.